The maximum absolute atomic E-state index is 12.1. The van der Waals surface area contributed by atoms with E-state index in [1.807, 2.05) is 0 Å². The van der Waals surface area contributed by atoms with E-state index in [1.54, 1.807) is 19.0 Å². The van der Waals surface area contributed by atoms with Crippen molar-refractivity contribution in [3.05, 3.63) is 16.5 Å². The molecule has 1 aliphatic carbocycles. The topological polar surface area (TPSA) is 46.3 Å². The highest BCUT2D eigenvalue weighted by Crippen LogP contribution is 2.40. The van der Waals surface area contributed by atoms with E-state index < -0.39 is 0 Å². The molecule has 1 aliphatic rings. The Morgan fingerprint density at radius 2 is 2.06 bits per heavy atom. The zero-order valence-electron chi connectivity index (χ0n) is 9.82. The van der Waals surface area contributed by atoms with Gasteiger partial charge in [-0.2, -0.15) is 0 Å². The van der Waals surface area contributed by atoms with Crippen molar-refractivity contribution in [1.29, 1.82) is 0 Å². The first-order valence-corrected chi connectivity index (χ1v) is 6.57. The minimum atomic E-state index is 0.0423. The molecular formula is C12H18N2OS. The fourth-order valence-electron chi connectivity index (χ4n) is 2.38. The van der Waals surface area contributed by atoms with Gasteiger partial charge in [0.2, 0.25) is 0 Å². The molecule has 2 rings (SSSR count). The lowest BCUT2D eigenvalue weighted by atomic mass is 9.96. The van der Waals surface area contributed by atoms with Crippen LogP contribution in [0.4, 0.5) is 5.00 Å². The smallest absolute Gasteiger partial charge is 0.256 e. The van der Waals surface area contributed by atoms with Crippen molar-refractivity contribution in [3.63, 3.8) is 0 Å². The lowest BCUT2D eigenvalue weighted by Crippen LogP contribution is -2.23. The van der Waals surface area contributed by atoms with Crippen molar-refractivity contribution < 1.29 is 4.79 Å². The van der Waals surface area contributed by atoms with Crippen LogP contribution >= 0.6 is 11.3 Å². The number of carbonyl (C=O) groups excluding carboxylic acids is 1. The third-order valence-corrected chi connectivity index (χ3v) is 4.09. The summed E-state index contributed by atoms with van der Waals surface area (Å²) >= 11 is 1.49. The zero-order valence-corrected chi connectivity index (χ0v) is 10.6. The summed E-state index contributed by atoms with van der Waals surface area (Å²) < 4.78 is 0. The highest BCUT2D eigenvalue weighted by atomic mass is 32.1. The predicted octanol–water partition coefficient (Wildman–Crippen LogP) is 2.69. The van der Waals surface area contributed by atoms with E-state index in [-0.39, 0.29) is 5.91 Å². The Labute approximate surface area is 100 Å². The summed E-state index contributed by atoms with van der Waals surface area (Å²) in [4.78, 5) is 13.7. The molecule has 0 aliphatic heterocycles. The predicted molar refractivity (Wildman–Crippen MR) is 68.0 cm³/mol. The number of rotatable bonds is 2. The molecule has 1 saturated carbocycles. The molecule has 16 heavy (non-hydrogen) atoms. The molecular weight excluding hydrogens is 220 g/mol. The van der Waals surface area contributed by atoms with Crippen LogP contribution in [0.3, 0.4) is 0 Å². The highest BCUT2D eigenvalue weighted by molar-refractivity contribution is 7.14. The van der Waals surface area contributed by atoms with Gasteiger partial charge in [0.15, 0.2) is 0 Å². The normalized spacial score (nSPS) is 16.6. The van der Waals surface area contributed by atoms with Crippen LogP contribution in [0, 0.1) is 0 Å². The monoisotopic (exact) mass is 238 g/mol. The van der Waals surface area contributed by atoms with Gasteiger partial charge >= 0.3 is 0 Å². The molecule has 0 spiro atoms. The van der Waals surface area contributed by atoms with Crippen molar-refractivity contribution in [1.82, 2.24) is 4.90 Å². The lowest BCUT2D eigenvalue weighted by Gasteiger charge is -2.15. The van der Waals surface area contributed by atoms with Crippen LogP contribution in [0.15, 0.2) is 5.38 Å². The van der Waals surface area contributed by atoms with Gasteiger partial charge in [0.05, 0.1) is 10.6 Å². The molecule has 0 bridgehead atoms. The zero-order chi connectivity index (χ0) is 11.7. The molecule has 2 N–H and O–H groups in total. The summed E-state index contributed by atoms with van der Waals surface area (Å²) in [5, 5.41) is 2.74. The summed E-state index contributed by atoms with van der Waals surface area (Å²) in [6.45, 7) is 0. The molecule has 4 heteroatoms. The van der Waals surface area contributed by atoms with Gasteiger partial charge in [-0.25, -0.2) is 0 Å². The second kappa shape index (κ2) is 4.45. The second-order valence-corrected chi connectivity index (χ2v) is 5.52. The molecule has 1 fully saturated rings. The van der Waals surface area contributed by atoms with Crippen LogP contribution in [0.1, 0.15) is 47.5 Å². The van der Waals surface area contributed by atoms with E-state index in [4.69, 9.17) is 5.73 Å². The number of amides is 1. The Morgan fingerprint density at radius 1 is 1.44 bits per heavy atom. The Morgan fingerprint density at radius 3 is 2.62 bits per heavy atom. The molecule has 1 aromatic rings. The van der Waals surface area contributed by atoms with Crippen molar-refractivity contribution in [3.8, 4) is 0 Å². The second-order valence-electron chi connectivity index (χ2n) is 4.61. The first-order valence-electron chi connectivity index (χ1n) is 5.69. The van der Waals surface area contributed by atoms with Gasteiger partial charge in [0, 0.05) is 14.1 Å². The molecule has 0 saturated heterocycles. The SMILES string of the molecule is CN(C)C(=O)c1c(C2CCCC2)csc1N. The molecule has 1 heterocycles. The number of nitrogen functional groups attached to an aromatic ring is 1. The number of thiophene rings is 1. The minimum absolute atomic E-state index is 0.0423. The molecule has 0 radical (unpaired) electrons. The van der Waals surface area contributed by atoms with E-state index in [0.717, 1.165) is 5.56 Å². The van der Waals surface area contributed by atoms with Gasteiger partial charge in [0.25, 0.3) is 5.91 Å². The number of nitrogens with two attached hydrogens (primary N) is 1. The Balaban J connectivity index is 2.35. The van der Waals surface area contributed by atoms with Crippen LogP contribution in [0.5, 0.6) is 0 Å². The number of nitrogens with zero attached hydrogens (tertiary/aromatic N) is 1. The molecule has 3 nitrogen and oxygen atoms in total. The van der Waals surface area contributed by atoms with Gasteiger partial charge in [-0.05, 0) is 29.7 Å². The molecule has 1 amide bonds. The quantitative estimate of drug-likeness (QED) is 0.861. The van der Waals surface area contributed by atoms with E-state index in [0.29, 0.717) is 10.9 Å². The maximum Gasteiger partial charge on any atom is 0.256 e. The van der Waals surface area contributed by atoms with E-state index >= 15 is 0 Å². The summed E-state index contributed by atoms with van der Waals surface area (Å²) in [7, 11) is 3.55. The van der Waals surface area contributed by atoms with Gasteiger partial charge in [-0.3, -0.25) is 4.79 Å². The molecule has 0 aromatic carbocycles. The lowest BCUT2D eigenvalue weighted by molar-refractivity contribution is 0.0827. The number of hydrogen-bond donors (Lipinski definition) is 1. The van der Waals surface area contributed by atoms with E-state index in [9.17, 15) is 4.79 Å². The van der Waals surface area contributed by atoms with Crippen LogP contribution in [-0.4, -0.2) is 24.9 Å². The third-order valence-electron chi connectivity index (χ3n) is 3.26. The fourth-order valence-corrected chi connectivity index (χ4v) is 3.26. The number of carbonyl (C=O) groups is 1. The summed E-state index contributed by atoms with van der Waals surface area (Å²) in [6.07, 6.45) is 4.94. The van der Waals surface area contributed by atoms with Crippen molar-refractivity contribution >= 4 is 22.2 Å². The minimum Gasteiger partial charge on any atom is -0.390 e. The summed E-state index contributed by atoms with van der Waals surface area (Å²) in [6, 6.07) is 0. The van der Waals surface area contributed by atoms with E-state index in [2.05, 4.69) is 5.38 Å². The molecule has 0 unspecified atom stereocenters. The van der Waals surface area contributed by atoms with Gasteiger partial charge in [-0.15, -0.1) is 11.3 Å². The third kappa shape index (κ3) is 1.94. The van der Waals surface area contributed by atoms with Crippen molar-refractivity contribution in [2.45, 2.75) is 31.6 Å². The van der Waals surface area contributed by atoms with E-state index in [1.165, 1.54) is 42.6 Å². The van der Waals surface area contributed by atoms with Crippen LogP contribution in [0.25, 0.3) is 0 Å². The van der Waals surface area contributed by atoms with Crippen LogP contribution in [-0.2, 0) is 0 Å². The van der Waals surface area contributed by atoms with Crippen LogP contribution in [0.2, 0.25) is 0 Å². The molecule has 1 aromatic heterocycles. The van der Waals surface area contributed by atoms with Gasteiger partial charge in [-0.1, -0.05) is 12.8 Å². The standard InChI is InChI=1S/C12H18N2OS/c1-14(2)12(15)10-9(7-16-11(10)13)8-5-3-4-6-8/h7-8H,3-6,13H2,1-2H3. The Hall–Kier alpha value is -1.03. The van der Waals surface area contributed by atoms with Crippen molar-refractivity contribution in [2.24, 2.45) is 0 Å². The summed E-state index contributed by atoms with van der Waals surface area (Å²) in [5.41, 5.74) is 7.85. The average molecular weight is 238 g/mol. The number of hydrogen-bond acceptors (Lipinski definition) is 3. The highest BCUT2D eigenvalue weighted by Gasteiger charge is 2.26. The first-order chi connectivity index (χ1) is 7.61. The Bertz CT molecular complexity index is 392. The average Bonchev–Trinajstić information content (AvgIpc) is 2.84. The summed E-state index contributed by atoms with van der Waals surface area (Å²) in [5.74, 6) is 0.591. The molecule has 88 valence electrons. The first kappa shape index (κ1) is 11.5. The molecule has 0 atom stereocenters. The Kier molecular flexibility index (Phi) is 3.19. The maximum atomic E-state index is 12.1. The largest absolute Gasteiger partial charge is 0.390 e. The van der Waals surface area contributed by atoms with Gasteiger partial charge < -0.3 is 10.6 Å². The number of anilines is 1. The van der Waals surface area contributed by atoms with Gasteiger partial charge in [0.1, 0.15) is 0 Å². The van der Waals surface area contributed by atoms with Crippen LogP contribution < -0.4 is 5.73 Å². The van der Waals surface area contributed by atoms with Crippen molar-refractivity contribution in [2.75, 3.05) is 19.8 Å². The fraction of sp³-hybridized carbons (Fsp3) is 0.583.